The Morgan fingerprint density at radius 1 is 1.50 bits per heavy atom. The molecule has 0 saturated carbocycles. The van der Waals surface area contributed by atoms with Crippen LogP contribution in [-0.2, 0) is 4.79 Å². The molecule has 0 aliphatic heterocycles. The molecule has 0 spiro atoms. The molecule has 0 aliphatic carbocycles. The summed E-state index contributed by atoms with van der Waals surface area (Å²) in [4.78, 5) is 15.9. The van der Waals surface area contributed by atoms with Gasteiger partial charge in [0.15, 0.2) is 0 Å². The first-order chi connectivity index (χ1) is 9.39. The van der Waals surface area contributed by atoms with E-state index in [1.165, 1.54) is 0 Å². The van der Waals surface area contributed by atoms with E-state index in [0.29, 0.717) is 11.6 Å². The molecule has 1 rings (SSSR count). The molecule has 0 aromatic carbocycles. The average molecular weight is 299 g/mol. The number of thioether (sulfide) groups is 1. The maximum absolute atomic E-state index is 11.6. The van der Waals surface area contributed by atoms with Crippen LogP contribution in [0, 0.1) is 13.8 Å². The molecule has 1 unspecified atom stereocenters. The second-order valence-corrected chi connectivity index (χ2v) is 6.24. The zero-order valence-corrected chi connectivity index (χ0v) is 13.6. The Bertz CT molecular complexity index is 428. The highest BCUT2D eigenvalue weighted by atomic mass is 32.2. The molecule has 1 heterocycles. The van der Waals surface area contributed by atoms with E-state index in [1.54, 1.807) is 11.8 Å². The van der Waals surface area contributed by atoms with Crippen LogP contribution in [0.2, 0.25) is 0 Å². The minimum absolute atomic E-state index is 0.293. The minimum Gasteiger partial charge on any atom is -0.437 e. The minimum atomic E-state index is -0.626. The number of hydrogen-bond acceptors (Lipinski definition) is 5. The number of carbonyl (C=O) groups is 1. The van der Waals surface area contributed by atoms with Crippen molar-refractivity contribution in [1.29, 1.82) is 0 Å². The summed E-state index contributed by atoms with van der Waals surface area (Å²) in [5, 5.41) is 3.93. The van der Waals surface area contributed by atoms with E-state index in [9.17, 15) is 4.79 Å². The van der Waals surface area contributed by atoms with Gasteiger partial charge in [0.2, 0.25) is 5.91 Å². The maximum atomic E-state index is 11.6. The van der Waals surface area contributed by atoms with E-state index >= 15 is 0 Å². The third-order valence-electron chi connectivity index (χ3n) is 3.36. The summed E-state index contributed by atoms with van der Waals surface area (Å²) in [6.07, 6.45) is 2.57. The highest BCUT2D eigenvalue weighted by Crippen LogP contribution is 2.22. The van der Waals surface area contributed by atoms with E-state index in [0.717, 1.165) is 36.6 Å². The Hall–Kier alpha value is -1.01. The number of carbonyl (C=O) groups excluding carboxylic acids is 1. The van der Waals surface area contributed by atoms with Crippen LogP contribution < -0.4 is 11.1 Å². The highest BCUT2D eigenvalue weighted by molar-refractivity contribution is 7.99. The van der Waals surface area contributed by atoms with Crippen molar-refractivity contribution in [2.45, 2.75) is 57.7 Å². The summed E-state index contributed by atoms with van der Waals surface area (Å²) < 4.78 is 5.50. The number of nitrogens with one attached hydrogen (secondary N) is 1. The van der Waals surface area contributed by atoms with Crippen LogP contribution in [0.3, 0.4) is 0 Å². The lowest BCUT2D eigenvalue weighted by atomic mass is 9.95. The standard InChI is InChI=1S/C14H25N3O2S/c1-5-8-16-14(4,12(15)18)7-6-9-20-13-17-10(2)11(3)19-13/h16H,5-9H2,1-4H3,(H2,15,18). The van der Waals surface area contributed by atoms with Crippen molar-refractivity contribution < 1.29 is 9.21 Å². The molecule has 20 heavy (non-hydrogen) atoms. The van der Waals surface area contributed by atoms with Gasteiger partial charge in [0.1, 0.15) is 5.76 Å². The van der Waals surface area contributed by atoms with E-state index < -0.39 is 5.54 Å². The van der Waals surface area contributed by atoms with Crippen molar-refractivity contribution in [1.82, 2.24) is 10.3 Å². The molecule has 1 amide bonds. The van der Waals surface area contributed by atoms with Crippen molar-refractivity contribution >= 4 is 17.7 Å². The maximum Gasteiger partial charge on any atom is 0.256 e. The Kier molecular flexibility index (Phi) is 6.55. The fourth-order valence-electron chi connectivity index (χ4n) is 1.79. The molecule has 6 heteroatoms. The molecule has 1 atom stereocenters. The molecular formula is C14H25N3O2S. The van der Waals surface area contributed by atoms with Crippen LogP contribution in [0.15, 0.2) is 9.64 Å². The lowest BCUT2D eigenvalue weighted by Crippen LogP contribution is -2.53. The summed E-state index contributed by atoms with van der Waals surface area (Å²) in [5.74, 6) is 1.42. The smallest absolute Gasteiger partial charge is 0.256 e. The number of nitrogens with two attached hydrogens (primary N) is 1. The Balaban J connectivity index is 2.39. The SMILES string of the molecule is CCCNC(C)(CCCSc1nc(C)c(C)o1)C(N)=O. The van der Waals surface area contributed by atoms with Gasteiger partial charge in [0.05, 0.1) is 11.2 Å². The summed E-state index contributed by atoms with van der Waals surface area (Å²) >= 11 is 1.57. The van der Waals surface area contributed by atoms with Crippen molar-refractivity contribution in [2.75, 3.05) is 12.3 Å². The molecular weight excluding hydrogens is 274 g/mol. The summed E-state index contributed by atoms with van der Waals surface area (Å²) in [5.41, 5.74) is 5.79. The normalized spacial score (nSPS) is 14.2. The Morgan fingerprint density at radius 2 is 2.20 bits per heavy atom. The van der Waals surface area contributed by atoms with Crippen molar-refractivity contribution in [3.05, 3.63) is 11.5 Å². The van der Waals surface area contributed by atoms with Crippen molar-refractivity contribution in [3.8, 4) is 0 Å². The van der Waals surface area contributed by atoms with Crippen molar-refractivity contribution in [2.24, 2.45) is 5.73 Å². The third kappa shape index (κ3) is 4.83. The van der Waals surface area contributed by atoms with Gasteiger partial charge in [-0.3, -0.25) is 4.79 Å². The van der Waals surface area contributed by atoms with E-state index in [-0.39, 0.29) is 5.91 Å². The van der Waals surface area contributed by atoms with Crippen LogP contribution in [0.25, 0.3) is 0 Å². The molecule has 0 aliphatic rings. The van der Waals surface area contributed by atoms with Gasteiger partial charge >= 0.3 is 0 Å². The first kappa shape index (κ1) is 17.0. The van der Waals surface area contributed by atoms with Gasteiger partial charge in [-0.05, 0) is 46.6 Å². The van der Waals surface area contributed by atoms with Crippen LogP contribution in [0.5, 0.6) is 0 Å². The van der Waals surface area contributed by atoms with Gasteiger partial charge in [-0.15, -0.1) is 0 Å². The fourth-order valence-corrected chi connectivity index (χ4v) is 2.64. The monoisotopic (exact) mass is 299 g/mol. The number of rotatable bonds is 9. The molecule has 1 aromatic heterocycles. The summed E-state index contributed by atoms with van der Waals surface area (Å²) in [7, 11) is 0. The lowest BCUT2D eigenvalue weighted by Gasteiger charge is -2.27. The largest absolute Gasteiger partial charge is 0.437 e. The second-order valence-electron chi connectivity index (χ2n) is 5.20. The number of nitrogens with zero attached hydrogens (tertiary/aromatic N) is 1. The number of amides is 1. The van der Waals surface area contributed by atoms with E-state index in [4.69, 9.17) is 10.2 Å². The average Bonchev–Trinajstić information content (AvgIpc) is 2.71. The zero-order valence-electron chi connectivity index (χ0n) is 12.8. The van der Waals surface area contributed by atoms with Crippen LogP contribution in [-0.4, -0.2) is 28.7 Å². The van der Waals surface area contributed by atoms with Crippen LogP contribution in [0.4, 0.5) is 0 Å². The fraction of sp³-hybridized carbons (Fsp3) is 0.714. The van der Waals surface area contributed by atoms with Gasteiger partial charge in [-0.1, -0.05) is 18.7 Å². The lowest BCUT2D eigenvalue weighted by molar-refractivity contribution is -0.124. The number of oxazole rings is 1. The van der Waals surface area contributed by atoms with Gasteiger partial charge in [-0.25, -0.2) is 4.98 Å². The highest BCUT2D eigenvalue weighted by Gasteiger charge is 2.29. The second kappa shape index (κ2) is 7.69. The number of hydrogen-bond donors (Lipinski definition) is 2. The Labute approximate surface area is 125 Å². The molecule has 114 valence electrons. The van der Waals surface area contributed by atoms with Gasteiger partial charge < -0.3 is 15.5 Å². The first-order valence-electron chi connectivity index (χ1n) is 7.01. The number of aryl methyl sites for hydroxylation is 2. The van der Waals surface area contributed by atoms with Crippen LogP contribution in [0.1, 0.15) is 44.6 Å². The van der Waals surface area contributed by atoms with Crippen molar-refractivity contribution in [3.63, 3.8) is 0 Å². The van der Waals surface area contributed by atoms with Gasteiger partial charge in [0, 0.05) is 5.75 Å². The molecule has 0 radical (unpaired) electrons. The number of aromatic nitrogens is 1. The van der Waals surface area contributed by atoms with E-state index in [1.807, 2.05) is 20.8 Å². The first-order valence-corrected chi connectivity index (χ1v) is 7.99. The van der Waals surface area contributed by atoms with Gasteiger partial charge in [0.25, 0.3) is 5.22 Å². The molecule has 1 aromatic rings. The molecule has 3 N–H and O–H groups in total. The third-order valence-corrected chi connectivity index (χ3v) is 4.28. The predicted molar refractivity (Wildman–Crippen MR) is 81.8 cm³/mol. The predicted octanol–water partition coefficient (Wildman–Crippen LogP) is 2.41. The topological polar surface area (TPSA) is 81.2 Å². The summed E-state index contributed by atoms with van der Waals surface area (Å²) in [6.45, 7) is 8.57. The molecule has 0 bridgehead atoms. The quantitative estimate of drug-likeness (QED) is 0.540. The van der Waals surface area contributed by atoms with Gasteiger partial charge in [-0.2, -0.15) is 0 Å². The zero-order chi connectivity index (χ0) is 15.2. The molecule has 0 saturated heterocycles. The Morgan fingerprint density at radius 3 is 2.70 bits per heavy atom. The number of primary amides is 1. The summed E-state index contributed by atoms with van der Waals surface area (Å²) in [6, 6.07) is 0. The molecule has 0 fully saturated rings. The van der Waals surface area contributed by atoms with Crippen LogP contribution >= 0.6 is 11.8 Å². The molecule has 5 nitrogen and oxygen atoms in total. The van der Waals surface area contributed by atoms with E-state index in [2.05, 4.69) is 17.2 Å².